The quantitative estimate of drug-likeness (QED) is 0.782. The van der Waals surface area contributed by atoms with E-state index in [1.165, 1.54) is 47.9 Å². The minimum atomic E-state index is 0.0811. The van der Waals surface area contributed by atoms with Gasteiger partial charge in [0.05, 0.1) is 11.7 Å². The van der Waals surface area contributed by atoms with Gasteiger partial charge in [-0.3, -0.25) is 9.98 Å². The minimum absolute atomic E-state index is 0.0811. The molecule has 5 heteroatoms. The number of hydrogen-bond acceptors (Lipinski definition) is 5. The minimum Gasteiger partial charge on any atom is -0.372 e. The molecule has 0 bridgehead atoms. The summed E-state index contributed by atoms with van der Waals surface area (Å²) in [5.41, 5.74) is 5.19. The first-order valence-electron chi connectivity index (χ1n) is 9.98. The zero-order chi connectivity index (χ0) is 18.4. The van der Waals surface area contributed by atoms with Crippen LogP contribution in [0.25, 0.3) is 0 Å². The molecule has 2 fully saturated rings. The third-order valence-electron chi connectivity index (χ3n) is 5.92. The molecule has 2 saturated heterocycles. The van der Waals surface area contributed by atoms with E-state index in [4.69, 9.17) is 4.99 Å². The van der Waals surface area contributed by atoms with Crippen LogP contribution in [0.3, 0.4) is 0 Å². The monoisotopic (exact) mass is 378 g/mol. The number of aryl methyl sites for hydroxylation is 1. The van der Waals surface area contributed by atoms with Crippen LogP contribution in [-0.2, 0) is 0 Å². The lowest BCUT2D eigenvalue weighted by molar-refractivity contribution is 0.320. The number of pyridine rings is 1. The first-order chi connectivity index (χ1) is 13.2. The molecule has 4 nitrogen and oxygen atoms in total. The molecule has 0 amide bonds. The van der Waals surface area contributed by atoms with Gasteiger partial charge < -0.3 is 9.80 Å². The molecular weight excluding hydrogens is 352 g/mol. The van der Waals surface area contributed by atoms with Crippen molar-refractivity contribution >= 4 is 22.6 Å². The molecular formula is C22H26N4S. The second-order valence-electron chi connectivity index (χ2n) is 7.87. The number of nitrogens with zero attached hydrogens (tertiary/aromatic N) is 4. The standard InChI is InChI=1S/C22H26N4S/c1-15-13-17(25-11-5-6-12-25)8-9-18(15)21-20(19-7-3-4-10-23-19)24-22-26(21)14-16(2)27-22/h3-4,7-10,13,16,20-21H,5-6,11-12,14H2,1-2H3/t16-,20-,21+/m0/s1. The average molecular weight is 379 g/mol. The number of anilines is 1. The molecule has 2 aromatic rings. The van der Waals surface area contributed by atoms with E-state index in [2.05, 4.69) is 59.0 Å². The van der Waals surface area contributed by atoms with E-state index in [1.54, 1.807) is 0 Å². The number of thioether (sulfide) groups is 1. The summed E-state index contributed by atoms with van der Waals surface area (Å²) < 4.78 is 0. The Morgan fingerprint density at radius 2 is 1.96 bits per heavy atom. The Kier molecular flexibility index (Phi) is 4.35. The van der Waals surface area contributed by atoms with E-state index in [1.807, 2.05) is 24.0 Å². The number of rotatable bonds is 3. The number of aliphatic imine (C=N–C) groups is 1. The fourth-order valence-electron chi connectivity index (χ4n) is 4.62. The molecule has 0 saturated carbocycles. The Morgan fingerprint density at radius 3 is 2.70 bits per heavy atom. The van der Waals surface area contributed by atoms with Gasteiger partial charge in [-0.05, 0) is 55.2 Å². The average Bonchev–Trinajstić information content (AvgIpc) is 3.39. The molecule has 140 valence electrons. The van der Waals surface area contributed by atoms with Gasteiger partial charge in [-0.1, -0.05) is 30.8 Å². The van der Waals surface area contributed by atoms with Gasteiger partial charge in [0.1, 0.15) is 6.04 Å². The molecule has 0 spiro atoms. The number of aromatic nitrogens is 1. The summed E-state index contributed by atoms with van der Waals surface area (Å²) in [6, 6.07) is 13.5. The number of benzene rings is 1. The SMILES string of the molecule is Cc1cc(N2CCCC2)ccc1[C@@H]1[C@H](c2ccccn2)N=C2S[C@@H](C)CN21. The molecule has 1 aromatic carbocycles. The van der Waals surface area contributed by atoms with Crippen LogP contribution >= 0.6 is 11.8 Å². The van der Waals surface area contributed by atoms with Crippen LogP contribution in [0.1, 0.15) is 48.7 Å². The molecule has 3 aliphatic rings. The molecule has 0 aliphatic carbocycles. The topological polar surface area (TPSA) is 31.7 Å². The van der Waals surface area contributed by atoms with E-state index < -0.39 is 0 Å². The highest BCUT2D eigenvalue weighted by Crippen LogP contribution is 2.48. The first kappa shape index (κ1) is 17.1. The molecule has 5 rings (SSSR count). The highest BCUT2D eigenvalue weighted by molar-refractivity contribution is 8.14. The van der Waals surface area contributed by atoms with Gasteiger partial charge >= 0.3 is 0 Å². The van der Waals surface area contributed by atoms with Crippen LogP contribution in [0.15, 0.2) is 47.6 Å². The summed E-state index contributed by atoms with van der Waals surface area (Å²) in [7, 11) is 0. The Bertz CT molecular complexity index is 860. The van der Waals surface area contributed by atoms with Crippen LogP contribution in [0.2, 0.25) is 0 Å². The lowest BCUT2D eigenvalue weighted by atomic mass is 9.92. The van der Waals surface area contributed by atoms with Crippen LogP contribution in [0.4, 0.5) is 5.69 Å². The summed E-state index contributed by atoms with van der Waals surface area (Å²) >= 11 is 1.90. The summed E-state index contributed by atoms with van der Waals surface area (Å²) in [6.07, 6.45) is 4.51. The molecule has 0 radical (unpaired) electrons. The maximum Gasteiger partial charge on any atom is 0.160 e. The van der Waals surface area contributed by atoms with Crippen molar-refractivity contribution in [2.45, 2.75) is 44.0 Å². The third kappa shape index (κ3) is 3.02. The Morgan fingerprint density at radius 1 is 1.11 bits per heavy atom. The van der Waals surface area contributed by atoms with E-state index in [0.717, 1.165) is 12.2 Å². The summed E-state index contributed by atoms with van der Waals surface area (Å²) in [5, 5.41) is 1.78. The zero-order valence-electron chi connectivity index (χ0n) is 16.0. The lowest BCUT2D eigenvalue weighted by Crippen LogP contribution is -2.29. The summed E-state index contributed by atoms with van der Waals surface area (Å²) in [6.45, 7) is 7.99. The van der Waals surface area contributed by atoms with Crippen molar-refractivity contribution < 1.29 is 0 Å². The second-order valence-corrected chi connectivity index (χ2v) is 9.28. The Balaban J connectivity index is 1.53. The van der Waals surface area contributed by atoms with Crippen LogP contribution in [0, 0.1) is 6.92 Å². The van der Waals surface area contributed by atoms with Crippen molar-refractivity contribution in [3.8, 4) is 0 Å². The molecule has 3 atom stereocenters. The van der Waals surface area contributed by atoms with Gasteiger partial charge in [0, 0.05) is 36.8 Å². The van der Waals surface area contributed by atoms with Crippen LogP contribution in [0.5, 0.6) is 0 Å². The lowest BCUT2D eigenvalue weighted by Gasteiger charge is -2.29. The smallest absolute Gasteiger partial charge is 0.160 e. The molecule has 0 unspecified atom stereocenters. The Hall–Kier alpha value is -2.01. The predicted octanol–water partition coefficient (Wildman–Crippen LogP) is 4.58. The van der Waals surface area contributed by atoms with E-state index in [0.29, 0.717) is 5.25 Å². The van der Waals surface area contributed by atoms with Gasteiger partial charge in [0.15, 0.2) is 5.17 Å². The van der Waals surface area contributed by atoms with Gasteiger partial charge in [-0.15, -0.1) is 0 Å². The van der Waals surface area contributed by atoms with Crippen molar-refractivity contribution in [3.05, 3.63) is 59.4 Å². The maximum absolute atomic E-state index is 5.10. The fourth-order valence-corrected chi connectivity index (χ4v) is 5.71. The molecule has 1 aromatic heterocycles. The normalized spacial score (nSPS) is 27.2. The highest BCUT2D eigenvalue weighted by Gasteiger charge is 2.44. The van der Waals surface area contributed by atoms with Gasteiger partial charge in [0.25, 0.3) is 0 Å². The number of amidine groups is 1. The molecule has 3 aliphatic heterocycles. The van der Waals surface area contributed by atoms with Gasteiger partial charge in [-0.25, -0.2) is 0 Å². The fraction of sp³-hybridized carbons (Fsp3) is 0.455. The van der Waals surface area contributed by atoms with Crippen molar-refractivity contribution in [2.75, 3.05) is 24.5 Å². The van der Waals surface area contributed by atoms with Crippen molar-refractivity contribution in [1.82, 2.24) is 9.88 Å². The van der Waals surface area contributed by atoms with Crippen molar-refractivity contribution in [3.63, 3.8) is 0 Å². The van der Waals surface area contributed by atoms with Crippen molar-refractivity contribution in [1.29, 1.82) is 0 Å². The summed E-state index contributed by atoms with van der Waals surface area (Å²) in [5.74, 6) is 0. The molecule has 0 N–H and O–H groups in total. The van der Waals surface area contributed by atoms with E-state index in [9.17, 15) is 0 Å². The van der Waals surface area contributed by atoms with Gasteiger partial charge in [0.2, 0.25) is 0 Å². The zero-order valence-corrected chi connectivity index (χ0v) is 16.8. The van der Waals surface area contributed by atoms with E-state index in [-0.39, 0.29) is 12.1 Å². The van der Waals surface area contributed by atoms with Gasteiger partial charge in [-0.2, -0.15) is 0 Å². The largest absolute Gasteiger partial charge is 0.372 e. The molecule has 27 heavy (non-hydrogen) atoms. The van der Waals surface area contributed by atoms with Crippen LogP contribution in [-0.4, -0.2) is 39.9 Å². The number of hydrogen-bond donors (Lipinski definition) is 0. The van der Waals surface area contributed by atoms with Crippen LogP contribution < -0.4 is 4.90 Å². The van der Waals surface area contributed by atoms with Crippen molar-refractivity contribution in [2.24, 2.45) is 4.99 Å². The maximum atomic E-state index is 5.10. The molecule has 4 heterocycles. The third-order valence-corrected chi connectivity index (χ3v) is 7.03. The number of fused-ring (bicyclic) bond motifs is 1. The second kappa shape index (κ2) is 6.86. The Labute approximate surface area is 165 Å². The predicted molar refractivity (Wildman–Crippen MR) is 114 cm³/mol. The summed E-state index contributed by atoms with van der Waals surface area (Å²) in [4.78, 5) is 14.8. The van der Waals surface area contributed by atoms with E-state index >= 15 is 0 Å². The highest BCUT2D eigenvalue weighted by atomic mass is 32.2. The first-order valence-corrected chi connectivity index (χ1v) is 10.9.